The maximum atomic E-state index is 14.3. The van der Waals surface area contributed by atoms with Gasteiger partial charge in [0.25, 0.3) is 11.8 Å². The van der Waals surface area contributed by atoms with Crippen LogP contribution in [0.25, 0.3) is 0 Å². The lowest BCUT2D eigenvalue weighted by atomic mass is 9.92. The summed E-state index contributed by atoms with van der Waals surface area (Å²) in [6, 6.07) is 2.14. The summed E-state index contributed by atoms with van der Waals surface area (Å²) < 4.78 is 92.1. The average Bonchev–Trinajstić information content (AvgIpc) is 2.66. The number of rotatable bonds is 5. The van der Waals surface area contributed by atoms with Crippen LogP contribution in [0.5, 0.6) is 0 Å². The molecule has 0 fully saturated rings. The Morgan fingerprint density at radius 1 is 0.970 bits per heavy atom. The third-order valence-electron chi connectivity index (χ3n) is 4.45. The molecule has 0 aliphatic rings. The number of halogens is 8. The third-order valence-corrected chi connectivity index (χ3v) is 4.74. The van der Waals surface area contributed by atoms with E-state index in [0.29, 0.717) is 12.1 Å². The second kappa shape index (κ2) is 9.16. The van der Waals surface area contributed by atoms with Crippen molar-refractivity contribution in [1.82, 2.24) is 10.3 Å². The van der Waals surface area contributed by atoms with E-state index >= 15 is 0 Å². The summed E-state index contributed by atoms with van der Waals surface area (Å²) >= 11 is 5.94. The van der Waals surface area contributed by atoms with E-state index in [9.17, 15) is 40.3 Å². The Morgan fingerprint density at radius 3 is 2.03 bits per heavy atom. The quantitative estimate of drug-likeness (QED) is 0.408. The molecule has 0 bridgehead atoms. The summed E-state index contributed by atoms with van der Waals surface area (Å²) in [6.45, 7) is 4.39. The number of alkyl halides is 7. The molecule has 0 saturated heterocycles. The van der Waals surface area contributed by atoms with Crippen LogP contribution in [0, 0.1) is 6.92 Å². The van der Waals surface area contributed by atoms with Crippen LogP contribution in [-0.2, 0) is 5.67 Å². The van der Waals surface area contributed by atoms with Crippen molar-refractivity contribution in [3.05, 3.63) is 57.9 Å². The first-order valence-corrected chi connectivity index (χ1v) is 9.58. The molecule has 0 aliphatic heterocycles. The zero-order valence-electron chi connectivity index (χ0n) is 17.3. The molecule has 13 heteroatoms. The van der Waals surface area contributed by atoms with Crippen molar-refractivity contribution in [2.24, 2.45) is 0 Å². The van der Waals surface area contributed by atoms with Gasteiger partial charge >= 0.3 is 18.0 Å². The van der Waals surface area contributed by atoms with Gasteiger partial charge in [-0.3, -0.25) is 9.59 Å². The predicted octanol–water partition coefficient (Wildman–Crippen LogP) is 5.72. The molecule has 2 rings (SSSR count). The van der Waals surface area contributed by atoms with Crippen molar-refractivity contribution in [3.8, 4) is 0 Å². The number of hydrogen-bond donors (Lipinski definition) is 2. The van der Waals surface area contributed by atoms with Crippen LogP contribution in [0.3, 0.4) is 0 Å². The molecule has 1 aromatic carbocycles. The van der Waals surface area contributed by atoms with Crippen molar-refractivity contribution in [2.45, 2.75) is 44.8 Å². The molecule has 1 aromatic heterocycles. The van der Waals surface area contributed by atoms with E-state index in [-0.39, 0.29) is 39.6 Å². The molecule has 2 amide bonds. The van der Waals surface area contributed by atoms with Gasteiger partial charge in [0.15, 0.2) is 0 Å². The first-order valence-electron chi connectivity index (χ1n) is 9.21. The van der Waals surface area contributed by atoms with Gasteiger partial charge in [0.2, 0.25) is 0 Å². The lowest BCUT2D eigenvalue weighted by molar-refractivity contribution is -0.348. The highest BCUT2D eigenvalue weighted by Crippen LogP contribution is 2.53. The van der Waals surface area contributed by atoms with Crippen molar-refractivity contribution in [2.75, 3.05) is 5.32 Å². The summed E-state index contributed by atoms with van der Waals surface area (Å²) in [5.41, 5.74) is -8.32. The van der Waals surface area contributed by atoms with E-state index in [1.54, 1.807) is 13.8 Å². The highest BCUT2D eigenvalue weighted by atomic mass is 35.5. The predicted molar refractivity (Wildman–Crippen MR) is 106 cm³/mol. The molecule has 0 aliphatic carbocycles. The second-order valence-electron chi connectivity index (χ2n) is 7.29. The summed E-state index contributed by atoms with van der Waals surface area (Å²) in [5.74, 6) is -1.67. The van der Waals surface area contributed by atoms with Crippen LogP contribution in [0.15, 0.2) is 30.5 Å². The summed E-state index contributed by atoms with van der Waals surface area (Å²) in [5, 5.41) is 4.49. The first kappa shape index (κ1) is 26.4. The minimum absolute atomic E-state index is 0.210. The molecule has 0 saturated carbocycles. The molecule has 1 heterocycles. The SMILES string of the molecule is Cc1cc(C(F)(C(F)(F)F)C(F)(F)F)ccc1NC(=O)c1ccnc(Cl)c1C(=O)NC(C)C. The fraction of sp³-hybridized carbons (Fsp3) is 0.350. The zero-order valence-corrected chi connectivity index (χ0v) is 18.0. The molecule has 33 heavy (non-hydrogen) atoms. The molecule has 2 aromatic rings. The van der Waals surface area contributed by atoms with Gasteiger partial charge in [-0.05, 0) is 38.5 Å². The van der Waals surface area contributed by atoms with Crippen molar-refractivity contribution < 1.29 is 40.3 Å². The summed E-state index contributed by atoms with van der Waals surface area (Å²) in [7, 11) is 0. The van der Waals surface area contributed by atoms with Gasteiger partial charge in [0, 0.05) is 23.5 Å². The monoisotopic (exact) mass is 499 g/mol. The van der Waals surface area contributed by atoms with Gasteiger partial charge in [0.05, 0.1) is 11.1 Å². The fourth-order valence-corrected chi connectivity index (χ4v) is 3.12. The number of carbonyl (C=O) groups is 2. The molecule has 0 spiro atoms. The molecule has 180 valence electrons. The van der Waals surface area contributed by atoms with Crippen molar-refractivity contribution in [3.63, 3.8) is 0 Å². The minimum Gasteiger partial charge on any atom is -0.350 e. The number of pyridine rings is 1. The minimum atomic E-state index is -6.27. The Bertz CT molecular complexity index is 1050. The Kier molecular flexibility index (Phi) is 7.32. The van der Waals surface area contributed by atoms with E-state index in [1.165, 1.54) is 0 Å². The number of nitrogens with one attached hydrogen (secondary N) is 2. The highest BCUT2D eigenvalue weighted by Gasteiger charge is 2.73. The van der Waals surface area contributed by atoms with E-state index < -0.39 is 35.4 Å². The van der Waals surface area contributed by atoms with Crippen molar-refractivity contribution >= 4 is 29.1 Å². The lowest BCUT2D eigenvalue weighted by Gasteiger charge is -2.30. The second-order valence-corrected chi connectivity index (χ2v) is 7.65. The van der Waals surface area contributed by atoms with Gasteiger partial charge in [-0.1, -0.05) is 23.7 Å². The number of hydrogen-bond acceptors (Lipinski definition) is 3. The first-order chi connectivity index (χ1) is 15.0. The topological polar surface area (TPSA) is 71.1 Å². The fourth-order valence-electron chi connectivity index (χ4n) is 2.87. The summed E-state index contributed by atoms with van der Waals surface area (Å²) in [4.78, 5) is 28.8. The van der Waals surface area contributed by atoms with E-state index in [4.69, 9.17) is 11.6 Å². The molecular weight excluding hydrogens is 483 g/mol. The van der Waals surface area contributed by atoms with Crippen LogP contribution >= 0.6 is 11.6 Å². The van der Waals surface area contributed by atoms with Crippen LogP contribution in [0.2, 0.25) is 5.15 Å². The lowest BCUT2D eigenvalue weighted by Crippen LogP contribution is -2.50. The molecule has 0 radical (unpaired) electrons. The number of carbonyl (C=O) groups excluding carboxylic acids is 2. The molecular formula is C20H17ClF7N3O2. The Morgan fingerprint density at radius 2 is 1.55 bits per heavy atom. The van der Waals surface area contributed by atoms with Crippen molar-refractivity contribution in [1.29, 1.82) is 0 Å². The Balaban J connectivity index is 2.44. The van der Waals surface area contributed by atoms with Crippen LogP contribution in [-0.4, -0.2) is 35.2 Å². The van der Waals surface area contributed by atoms with Gasteiger partial charge in [0.1, 0.15) is 5.15 Å². The van der Waals surface area contributed by atoms with Crippen LogP contribution < -0.4 is 10.6 Å². The molecule has 0 unspecified atom stereocenters. The van der Waals surface area contributed by atoms with Crippen LogP contribution in [0.1, 0.15) is 45.7 Å². The molecule has 0 atom stereocenters. The van der Waals surface area contributed by atoms with Gasteiger partial charge < -0.3 is 10.6 Å². The van der Waals surface area contributed by atoms with Crippen LogP contribution in [0.4, 0.5) is 36.4 Å². The summed E-state index contributed by atoms with van der Waals surface area (Å²) in [6.07, 6.45) is -11.4. The Hall–Kier alpha value is -2.89. The number of nitrogens with zero attached hydrogens (tertiary/aromatic N) is 1. The Labute approximate surface area is 188 Å². The van der Waals surface area contributed by atoms with E-state index in [1.807, 2.05) is 0 Å². The number of aryl methyl sites for hydroxylation is 1. The molecule has 5 nitrogen and oxygen atoms in total. The number of anilines is 1. The van der Waals surface area contributed by atoms with Gasteiger partial charge in [-0.25, -0.2) is 9.37 Å². The normalized spacial score (nSPS) is 12.6. The maximum Gasteiger partial charge on any atom is 0.435 e. The zero-order chi connectivity index (χ0) is 25.4. The average molecular weight is 500 g/mol. The largest absolute Gasteiger partial charge is 0.435 e. The standard InChI is InChI=1S/C20H17ClF7N3O2/c1-9(2)30-17(33)14-12(6-7-29-15(14)21)16(32)31-13-5-4-11(8-10(13)3)18(22,19(23,24)25)20(26,27)28/h4-9H,1-3H3,(H,30,33)(H,31,32). The van der Waals surface area contributed by atoms with E-state index in [0.717, 1.165) is 19.2 Å². The third kappa shape index (κ3) is 5.21. The number of aromatic nitrogens is 1. The number of benzene rings is 1. The highest BCUT2D eigenvalue weighted by molar-refractivity contribution is 6.34. The van der Waals surface area contributed by atoms with E-state index in [2.05, 4.69) is 15.6 Å². The van der Waals surface area contributed by atoms with Gasteiger partial charge in [-0.15, -0.1) is 0 Å². The van der Waals surface area contributed by atoms with Gasteiger partial charge in [-0.2, -0.15) is 26.3 Å². The number of amides is 2. The molecule has 2 N–H and O–H groups in total. The smallest absolute Gasteiger partial charge is 0.350 e. The maximum absolute atomic E-state index is 14.3.